The molecule has 2 aromatic rings. The van der Waals surface area contributed by atoms with Gasteiger partial charge in [-0.1, -0.05) is 0 Å². The largest absolute Gasteiger partial charge is 0.481 e. The SMILES string of the molecule is Cc1c(CNC(=O)N2CCC(C(=O)O)C2)oc2ccc(F)cc12. The minimum absolute atomic E-state index is 0.176. The Bertz CT molecular complexity index is 771. The average Bonchev–Trinajstić information content (AvgIpc) is 3.11. The molecule has 122 valence electrons. The highest BCUT2D eigenvalue weighted by atomic mass is 19.1. The maximum absolute atomic E-state index is 13.3. The number of carboxylic acid groups (broad SMARTS) is 1. The van der Waals surface area contributed by atoms with Gasteiger partial charge in [-0.15, -0.1) is 0 Å². The summed E-state index contributed by atoms with van der Waals surface area (Å²) in [6.07, 6.45) is 0.464. The molecule has 2 heterocycles. The molecule has 1 unspecified atom stereocenters. The molecule has 1 fully saturated rings. The molecule has 2 amide bonds. The first-order valence-corrected chi connectivity index (χ1v) is 7.39. The quantitative estimate of drug-likeness (QED) is 0.910. The zero-order valence-electron chi connectivity index (χ0n) is 12.6. The molecule has 1 aromatic heterocycles. The number of nitrogens with one attached hydrogen (secondary N) is 1. The Kier molecular flexibility index (Phi) is 3.94. The molecule has 6 nitrogen and oxygen atoms in total. The molecular weight excluding hydrogens is 303 g/mol. The van der Waals surface area contributed by atoms with Crippen LogP contribution in [0.4, 0.5) is 9.18 Å². The third-order valence-corrected chi connectivity index (χ3v) is 4.22. The second-order valence-corrected chi connectivity index (χ2v) is 5.72. The summed E-state index contributed by atoms with van der Waals surface area (Å²) in [5.41, 5.74) is 1.35. The van der Waals surface area contributed by atoms with Crippen LogP contribution in [0.15, 0.2) is 22.6 Å². The van der Waals surface area contributed by atoms with Gasteiger partial charge >= 0.3 is 12.0 Å². The van der Waals surface area contributed by atoms with Crippen LogP contribution in [0.3, 0.4) is 0 Å². The molecule has 0 bridgehead atoms. The van der Waals surface area contributed by atoms with Crippen LogP contribution in [0.2, 0.25) is 0 Å². The fourth-order valence-corrected chi connectivity index (χ4v) is 2.83. The number of urea groups is 1. The molecule has 7 heteroatoms. The topological polar surface area (TPSA) is 82.8 Å². The smallest absolute Gasteiger partial charge is 0.317 e. The molecular formula is C16H17FN2O4. The van der Waals surface area contributed by atoms with Gasteiger partial charge in [-0.3, -0.25) is 4.79 Å². The number of carboxylic acids is 1. The average molecular weight is 320 g/mol. The zero-order chi connectivity index (χ0) is 16.6. The monoisotopic (exact) mass is 320 g/mol. The Balaban J connectivity index is 1.66. The Hall–Kier alpha value is -2.57. The van der Waals surface area contributed by atoms with Gasteiger partial charge in [0, 0.05) is 24.0 Å². The fraction of sp³-hybridized carbons (Fsp3) is 0.375. The number of carbonyl (C=O) groups excluding carboxylic acids is 1. The van der Waals surface area contributed by atoms with E-state index in [0.717, 1.165) is 5.56 Å². The van der Waals surface area contributed by atoms with Crippen molar-refractivity contribution in [2.45, 2.75) is 19.9 Å². The van der Waals surface area contributed by atoms with Gasteiger partial charge in [0.2, 0.25) is 0 Å². The molecule has 1 aliphatic rings. The van der Waals surface area contributed by atoms with Crippen LogP contribution in [0.25, 0.3) is 11.0 Å². The number of benzene rings is 1. The van der Waals surface area contributed by atoms with E-state index in [2.05, 4.69) is 5.32 Å². The summed E-state index contributed by atoms with van der Waals surface area (Å²) in [5, 5.41) is 12.4. The van der Waals surface area contributed by atoms with E-state index < -0.39 is 11.9 Å². The highest BCUT2D eigenvalue weighted by Gasteiger charge is 2.30. The number of carbonyl (C=O) groups is 2. The number of hydrogen-bond acceptors (Lipinski definition) is 3. The van der Waals surface area contributed by atoms with Crippen LogP contribution < -0.4 is 5.32 Å². The number of fused-ring (bicyclic) bond motifs is 1. The van der Waals surface area contributed by atoms with Gasteiger partial charge in [0.05, 0.1) is 12.5 Å². The summed E-state index contributed by atoms with van der Waals surface area (Å²) in [5.74, 6) is -1.16. The second-order valence-electron chi connectivity index (χ2n) is 5.72. The van der Waals surface area contributed by atoms with E-state index in [4.69, 9.17) is 9.52 Å². The van der Waals surface area contributed by atoms with Gasteiger partial charge in [0.15, 0.2) is 0 Å². The fourth-order valence-electron chi connectivity index (χ4n) is 2.83. The number of likely N-dealkylation sites (tertiary alicyclic amines) is 1. The predicted octanol–water partition coefficient (Wildman–Crippen LogP) is 2.50. The molecule has 1 aliphatic heterocycles. The van der Waals surface area contributed by atoms with Crippen molar-refractivity contribution in [1.29, 1.82) is 0 Å². The molecule has 0 aliphatic carbocycles. The highest BCUT2D eigenvalue weighted by molar-refractivity contribution is 5.82. The lowest BCUT2D eigenvalue weighted by Crippen LogP contribution is -2.38. The highest BCUT2D eigenvalue weighted by Crippen LogP contribution is 2.26. The Morgan fingerprint density at radius 1 is 1.48 bits per heavy atom. The lowest BCUT2D eigenvalue weighted by Gasteiger charge is -2.16. The van der Waals surface area contributed by atoms with Crippen LogP contribution in [0.5, 0.6) is 0 Å². The van der Waals surface area contributed by atoms with Crippen molar-refractivity contribution in [2.24, 2.45) is 5.92 Å². The molecule has 0 radical (unpaired) electrons. The number of aryl methyl sites for hydroxylation is 1. The van der Waals surface area contributed by atoms with Crippen LogP contribution in [0, 0.1) is 18.7 Å². The minimum Gasteiger partial charge on any atom is -0.481 e. The molecule has 1 saturated heterocycles. The number of halogens is 1. The zero-order valence-corrected chi connectivity index (χ0v) is 12.6. The summed E-state index contributed by atoms with van der Waals surface area (Å²) in [6.45, 7) is 2.62. The van der Waals surface area contributed by atoms with Crippen LogP contribution >= 0.6 is 0 Å². The van der Waals surface area contributed by atoms with Crippen LogP contribution in [-0.2, 0) is 11.3 Å². The van der Waals surface area contributed by atoms with Gasteiger partial charge in [-0.05, 0) is 31.5 Å². The Labute approximate surface area is 131 Å². The number of aliphatic carboxylic acids is 1. The lowest BCUT2D eigenvalue weighted by molar-refractivity contribution is -0.141. The van der Waals surface area contributed by atoms with Gasteiger partial charge in [0.1, 0.15) is 17.2 Å². The molecule has 1 atom stereocenters. The van der Waals surface area contributed by atoms with Gasteiger partial charge < -0.3 is 19.7 Å². The van der Waals surface area contributed by atoms with E-state index in [-0.39, 0.29) is 24.9 Å². The number of hydrogen-bond donors (Lipinski definition) is 2. The first-order chi connectivity index (χ1) is 11.0. The number of furan rings is 1. The molecule has 23 heavy (non-hydrogen) atoms. The van der Waals surface area contributed by atoms with E-state index in [9.17, 15) is 14.0 Å². The van der Waals surface area contributed by atoms with Crippen molar-refractivity contribution in [3.63, 3.8) is 0 Å². The van der Waals surface area contributed by atoms with Crippen molar-refractivity contribution >= 4 is 23.0 Å². The minimum atomic E-state index is -0.879. The normalized spacial score (nSPS) is 17.7. The number of amides is 2. The van der Waals surface area contributed by atoms with E-state index in [1.54, 1.807) is 6.07 Å². The first kappa shape index (κ1) is 15.3. The molecule has 0 saturated carbocycles. The maximum atomic E-state index is 13.3. The van der Waals surface area contributed by atoms with E-state index in [1.165, 1.54) is 17.0 Å². The summed E-state index contributed by atoms with van der Waals surface area (Å²) in [7, 11) is 0. The first-order valence-electron chi connectivity index (χ1n) is 7.39. The summed E-state index contributed by atoms with van der Waals surface area (Å²) < 4.78 is 18.9. The van der Waals surface area contributed by atoms with Crippen molar-refractivity contribution < 1.29 is 23.5 Å². The van der Waals surface area contributed by atoms with Crippen molar-refractivity contribution in [2.75, 3.05) is 13.1 Å². The van der Waals surface area contributed by atoms with Crippen molar-refractivity contribution in [1.82, 2.24) is 10.2 Å². The third-order valence-electron chi connectivity index (χ3n) is 4.22. The van der Waals surface area contributed by atoms with E-state index in [1.807, 2.05) is 6.92 Å². The maximum Gasteiger partial charge on any atom is 0.317 e. The predicted molar refractivity (Wildman–Crippen MR) is 80.5 cm³/mol. The third kappa shape index (κ3) is 2.99. The van der Waals surface area contributed by atoms with E-state index in [0.29, 0.717) is 29.7 Å². The van der Waals surface area contributed by atoms with Crippen LogP contribution in [-0.4, -0.2) is 35.1 Å². The van der Waals surface area contributed by atoms with E-state index >= 15 is 0 Å². The van der Waals surface area contributed by atoms with Gasteiger partial charge in [-0.25, -0.2) is 9.18 Å². The second kappa shape index (κ2) is 5.91. The van der Waals surface area contributed by atoms with Crippen LogP contribution in [0.1, 0.15) is 17.7 Å². The van der Waals surface area contributed by atoms with Gasteiger partial charge in [0.25, 0.3) is 0 Å². The summed E-state index contributed by atoms with van der Waals surface area (Å²) >= 11 is 0. The Morgan fingerprint density at radius 3 is 2.96 bits per heavy atom. The van der Waals surface area contributed by atoms with Crippen molar-refractivity contribution in [3.8, 4) is 0 Å². The Morgan fingerprint density at radius 2 is 2.26 bits per heavy atom. The standard InChI is InChI=1S/C16H17FN2O4/c1-9-12-6-11(17)2-3-13(12)23-14(9)7-18-16(22)19-5-4-10(8-19)15(20)21/h2-3,6,10H,4-5,7-8H2,1H3,(H,18,22)(H,20,21). The molecule has 3 rings (SSSR count). The van der Waals surface area contributed by atoms with Gasteiger partial charge in [-0.2, -0.15) is 0 Å². The summed E-state index contributed by atoms with van der Waals surface area (Å²) in [4.78, 5) is 24.5. The van der Waals surface area contributed by atoms with Crippen molar-refractivity contribution in [3.05, 3.63) is 35.3 Å². The molecule has 1 aromatic carbocycles. The molecule has 0 spiro atoms. The summed E-state index contributed by atoms with van der Waals surface area (Å²) in [6, 6.07) is 3.96. The number of nitrogens with zero attached hydrogens (tertiary/aromatic N) is 1. The molecule has 2 N–H and O–H groups in total. The number of rotatable bonds is 3. The lowest BCUT2D eigenvalue weighted by atomic mass is 10.1.